The number of aromatic nitrogens is 1. The molecular weight excluding hydrogens is 458 g/mol. The van der Waals surface area contributed by atoms with Crippen LogP contribution in [0.3, 0.4) is 0 Å². The molecule has 31 heavy (non-hydrogen) atoms. The van der Waals surface area contributed by atoms with Crippen LogP contribution in [-0.4, -0.2) is 35.0 Å². The first-order chi connectivity index (χ1) is 14.6. The minimum absolute atomic E-state index is 0.131. The summed E-state index contributed by atoms with van der Waals surface area (Å²) in [5.74, 6) is -0.673. The van der Waals surface area contributed by atoms with Gasteiger partial charge in [-0.25, -0.2) is 4.79 Å². The van der Waals surface area contributed by atoms with Crippen LogP contribution >= 0.6 is 15.9 Å². The predicted octanol–water partition coefficient (Wildman–Crippen LogP) is 4.63. The second kappa shape index (κ2) is 11.0. The molecule has 1 aromatic heterocycles. The van der Waals surface area contributed by atoms with Gasteiger partial charge in [0.05, 0.1) is 0 Å². The maximum atomic E-state index is 12.4. The Labute approximate surface area is 192 Å². The first-order valence-corrected chi connectivity index (χ1v) is 10.9. The number of carbonyl (C=O) groups is 2. The largest absolute Gasteiger partial charge is 0.451 e. The van der Waals surface area contributed by atoms with Crippen molar-refractivity contribution in [1.82, 2.24) is 9.47 Å². The number of aryl methyl sites for hydroxylation is 1. The number of rotatable bonds is 8. The van der Waals surface area contributed by atoms with Crippen LogP contribution in [0.25, 0.3) is 6.08 Å². The molecule has 0 fully saturated rings. The van der Waals surface area contributed by atoms with E-state index >= 15 is 0 Å². The first-order valence-electron chi connectivity index (χ1n) is 10.1. The number of nitriles is 1. The lowest BCUT2D eigenvalue weighted by atomic mass is 10.1. The summed E-state index contributed by atoms with van der Waals surface area (Å²) < 4.78 is 8.24. The molecular formula is C24H28BrN3O3. The molecule has 0 aliphatic carbocycles. The SMILES string of the molecule is Cc1cc(/C=C(\C#N)C(=O)OCC(=O)N(C)Cc2ccc(Br)cc2)c(C)n1CC(C)C. The number of hydrogen-bond acceptors (Lipinski definition) is 4. The molecule has 7 heteroatoms. The van der Waals surface area contributed by atoms with E-state index in [1.807, 2.05) is 50.2 Å². The molecule has 0 aliphatic rings. The van der Waals surface area contributed by atoms with Crippen molar-refractivity contribution in [3.8, 4) is 6.07 Å². The molecule has 0 saturated carbocycles. The number of ether oxygens (including phenoxy) is 1. The highest BCUT2D eigenvalue weighted by atomic mass is 79.9. The molecule has 6 nitrogen and oxygen atoms in total. The highest BCUT2D eigenvalue weighted by molar-refractivity contribution is 9.10. The van der Waals surface area contributed by atoms with Crippen LogP contribution < -0.4 is 0 Å². The van der Waals surface area contributed by atoms with Crippen LogP contribution in [0.5, 0.6) is 0 Å². The van der Waals surface area contributed by atoms with E-state index in [1.165, 1.54) is 11.0 Å². The van der Waals surface area contributed by atoms with E-state index in [9.17, 15) is 14.9 Å². The van der Waals surface area contributed by atoms with Gasteiger partial charge in [-0.3, -0.25) is 4.79 Å². The Bertz CT molecular complexity index is 1010. The van der Waals surface area contributed by atoms with Gasteiger partial charge in [0.25, 0.3) is 5.91 Å². The maximum absolute atomic E-state index is 12.4. The molecule has 0 radical (unpaired) electrons. The van der Waals surface area contributed by atoms with E-state index in [4.69, 9.17) is 4.74 Å². The van der Waals surface area contributed by atoms with E-state index in [-0.39, 0.29) is 11.5 Å². The minimum Gasteiger partial charge on any atom is -0.451 e. The fourth-order valence-electron chi connectivity index (χ4n) is 3.18. The summed E-state index contributed by atoms with van der Waals surface area (Å²) in [6.45, 7) is 9.06. The van der Waals surface area contributed by atoms with Gasteiger partial charge in [0.15, 0.2) is 6.61 Å². The van der Waals surface area contributed by atoms with Gasteiger partial charge in [-0.2, -0.15) is 5.26 Å². The van der Waals surface area contributed by atoms with Crippen molar-refractivity contribution in [1.29, 1.82) is 5.26 Å². The number of benzene rings is 1. The Morgan fingerprint density at radius 3 is 2.48 bits per heavy atom. The third kappa shape index (κ3) is 6.83. The average molecular weight is 486 g/mol. The van der Waals surface area contributed by atoms with Crippen LogP contribution in [0, 0.1) is 31.1 Å². The zero-order valence-electron chi connectivity index (χ0n) is 18.6. The molecule has 0 saturated heterocycles. The van der Waals surface area contributed by atoms with Gasteiger partial charge in [0, 0.05) is 36.0 Å². The lowest BCUT2D eigenvalue weighted by molar-refractivity contribution is -0.148. The summed E-state index contributed by atoms with van der Waals surface area (Å²) in [5, 5.41) is 9.44. The quantitative estimate of drug-likeness (QED) is 0.310. The Balaban J connectivity index is 2.02. The Morgan fingerprint density at radius 2 is 1.90 bits per heavy atom. The molecule has 0 unspecified atom stereocenters. The Kier molecular flexibility index (Phi) is 8.64. The van der Waals surface area contributed by atoms with Gasteiger partial charge in [0.1, 0.15) is 11.6 Å². The zero-order chi connectivity index (χ0) is 23.1. The maximum Gasteiger partial charge on any atom is 0.349 e. The van der Waals surface area contributed by atoms with Crippen molar-refractivity contribution in [2.75, 3.05) is 13.7 Å². The van der Waals surface area contributed by atoms with Gasteiger partial charge in [-0.15, -0.1) is 0 Å². The van der Waals surface area contributed by atoms with Crippen molar-refractivity contribution in [3.63, 3.8) is 0 Å². The lowest BCUT2D eigenvalue weighted by Crippen LogP contribution is -2.31. The van der Waals surface area contributed by atoms with Crippen LogP contribution in [0.4, 0.5) is 0 Å². The summed E-state index contributed by atoms with van der Waals surface area (Å²) in [4.78, 5) is 26.2. The molecule has 2 aromatic rings. The first kappa shape index (κ1) is 24.4. The standard InChI is InChI=1S/C24H28BrN3O3/c1-16(2)13-28-17(3)10-20(18(28)4)11-21(12-26)24(30)31-15-23(29)27(5)14-19-6-8-22(25)9-7-19/h6-11,16H,13-15H2,1-5H3/b21-11+. The van der Waals surface area contributed by atoms with Gasteiger partial charge < -0.3 is 14.2 Å². The molecule has 0 N–H and O–H groups in total. The minimum atomic E-state index is -0.804. The molecule has 2 rings (SSSR count). The van der Waals surface area contributed by atoms with Crippen LogP contribution in [0.1, 0.15) is 36.4 Å². The Hall–Kier alpha value is -2.85. The van der Waals surface area contributed by atoms with Gasteiger partial charge >= 0.3 is 5.97 Å². The van der Waals surface area contributed by atoms with E-state index in [0.717, 1.165) is 33.5 Å². The number of likely N-dealkylation sites (N-methyl/N-ethyl adjacent to an activating group) is 1. The van der Waals surface area contributed by atoms with Crippen LogP contribution in [0.2, 0.25) is 0 Å². The van der Waals surface area contributed by atoms with Crippen molar-refractivity contribution < 1.29 is 14.3 Å². The topological polar surface area (TPSA) is 75.3 Å². The normalized spacial score (nSPS) is 11.4. The molecule has 0 spiro atoms. The molecule has 0 aliphatic heterocycles. The molecule has 0 atom stereocenters. The van der Waals surface area contributed by atoms with Gasteiger partial charge in [0.2, 0.25) is 0 Å². The number of carbonyl (C=O) groups excluding carboxylic acids is 2. The van der Waals surface area contributed by atoms with E-state index in [1.54, 1.807) is 7.05 Å². The molecule has 1 heterocycles. The third-order valence-electron chi connectivity index (χ3n) is 4.89. The zero-order valence-corrected chi connectivity index (χ0v) is 20.2. The predicted molar refractivity (Wildman–Crippen MR) is 124 cm³/mol. The fourth-order valence-corrected chi connectivity index (χ4v) is 3.44. The molecule has 164 valence electrons. The van der Waals surface area contributed by atoms with E-state index in [0.29, 0.717) is 12.5 Å². The summed E-state index contributed by atoms with van der Waals surface area (Å²) in [6.07, 6.45) is 1.53. The van der Waals surface area contributed by atoms with E-state index in [2.05, 4.69) is 34.3 Å². The van der Waals surface area contributed by atoms with Crippen LogP contribution in [0.15, 0.2) is 40.4 Å². The fraction of sp³-hybridized carbons (Fsp3) is 0.375. The smallest absolute Gasteiger partial charge is 0.349 e. The number of esters is 1. The number of halogens is 1. The van der Waals surface area contributed by atoms with Crippen molar-refractivity contribution in [3.05, 3.63) is 62.9 Å². The second-order valence-electron chi connectivity index (χ2n) is 7.95. The van der Waals surface area contributed by atoms with Crippen molar-refractivity contribution >= 4 is 33.9 Å². The van der Waals surface area contributed by atoms with Gasteiger partial charge in [-0.05, 0) is 55.2 Å². The summed E-state index contributed by atoms with van der Waals surface area (Å²) in [5.41, 5.74) is 3.67. The monoisotopic (exact) mass is 485 g/mol. The number of amides is 1. The highest BCUT2D eigenvalue weighted by Gasteiger charge is 2.17. The van der Waals surface area contributed by atoms with Crippen LogP contribution in [-0.2, 0) is 27.4 Å². The number of hydrogen-bond donors (Lipinski definition) is 0. The molecule has 1 amide bonds. The number of nitrogens with zero attached hydrogens (tertiary/aromatic N) is 3. The van der Waals surface area contributed by atoms with Crippen molar-refractivity contribution in [2.24, 2.45) is 5.92 Å². The average Bonchev–Trinajstić information content (AvgIpc) is 2.98. The third-order valence-corrected chi connectivity index (χ3v) is 5.41. The molecule has 0 bridgehead atoms. The summed E-state index contributed by atoms with van der Waals surface area (Å²) in [7, 11) is 1.64. The van der Waals surface area contributed by atoms with Gasteiger partial charge in [-0.1, -0.05) is 41.9 Å². The summed E-state index contributed by atoms with van der Waals surface area (Å²) >= 11 is 3.37. The lowest BCUT2D eigenvalue weighted by Gasteiger charge is -2.17. The van der Waals surface area contributed by atoms with E-state index < -0.39 is 12.6 Å². The highest BCUT2D eigenvalue weighted by Crippen LogP contribution is 2.20. The Morgan fingerprint density at radius 1 is 1.26 bits per heavy atom. The molecule has 1 aromatic carbocycles. The van der Waals surface area contributed by atoms with Crippen molar-refractivity contribution in [2.45, 2.75) is 40.8 Å². The summed E-state index contributed by atoms with van der Waals surface area (Å²) in [6, 6.07) is 11.5. The second-order valence-corrected chi connectivity index (χ2v) is 8.87.